The highest BCUT2D eigenvalue weighted by atomic mass is 35.5. The largest absolute Gasteiger partial charge is 0.325 e. The van der Waals surface area contributed by atoms with E-state index in [1.807, 2.05) is 169 Å². The first-order valence-corrected chi connectivity index (χ1v) is 53.1. The molecule has 4 aromatic heterocycles. The molecule has 11 aromatic carbocycles. The van der Waals surface area contributed by atoms with Gasteiger partial charge in [-0.15, -0.1) is 0 Å². The van der Waals surface area contributed by atoms with Crippen LogP contribution in [0.1, 0.15) is 78.1 Å². The molecule has 0 atom stereocenters. The SMILES string of the molecule is Cc1ccc(C)c(N(CC(=O)Nc2ccc(Cl)nc2)S(=O)(=O)c2ccccc2)c1.Cc1ccc(C)c(N(CC(=O)Nc2cccnc2C)S(=O)(=O)c2ccccc2)c1.Cc1ccc(C)c(N(CC(=O)Nc2ccnc(C)c2)S(=O)(=O)c2ccccc2)c1.Cc1ccc(C)c(N(CC(=O)Nc2ccncc2C)S(=O)(=O)c2ccccc2)c1.Cc1cccc(NC(=O)CN(c2cc(C)ccc2C)S(=O)(=O)c2ccccc2)c1. The first-order chi connectivity index (χ1) is 68.9. The topological polar surface area (TPSA) is 384 Å². The van der Waals surface area contributed by atoms with Crippen molar-refractivity contribution in [1.29, 1.82) is 0 Å². The van der Waals surface area contributed by atoms with E-state index in [1.54, 1.807) is 202 Å². The van der Waals surface area contributed by atoms with Crippen LogP contribution in [0.25, 0.3) is 0 Å². The number of nitrogens with one attached hydrogen (secondary N) is 5. The van der Waals surface area contributed by atoms with Gasteiger partial charge in [0.2, 0.25) is 29.5 Å². The number of hydrogen-bond donors (Lipinski definition) is 5. The summed E-state index contributed by atoms with van der Waals surface area (Å²) in [4.78, 5) is 80.6. The maximum atomic E-state index is 13.4. The number of nitrogens with zero attached hydrogens (tertiary/aromatic N) is 9. The van der Waals surface area contributed by atoms with Gasteiger partial charge >= 0.3 is 0 Å². The van der Waals surface area contributed by atoms with Crippen LogP contribution in [0.5, 0.6) is 0 Å². The van der Waals surface area contributed by atoms with E-state index >= 15 is 0 Å². The van der Waals surface area contributed by atoms with Gasteiger partial charge in [0, 0.05) is 47.5 Å². The number of sulfonamides is 5. The summed E-state index contributed by atoms with van der Waals surface area (Å²) in [5.74, 6) is -2.21. The monoisotopic (exact) mass is 2060 g/mol. The van der Waals surface area contributed by atoms with Gasteiger partial charge in [-0.05, 0) is 309 Å². The number of carbonyl (C=O) groups excluding carboxylic acids is 5. The fourth-order valence-corrected chi connectivity index (χ4v) is 22.3. The minimum Gasteiger partial charge on any atom is -0.325 e. The Morgan fingerprint density at radius 2 is 0.552 bits per heavy atom. The van der Waals surface area contributed by atoms with E-state index in [-0.39, 0.29) is 57.2 Å². The van der Waals surface area contributed by atoms with Crippen molar-refractivity contribution in [2.75, 3.05) is 80.8 Å². The first-order valence-electron chi connectivity index (χ1n) is 45.6. The second-order valence-electron chi connectivity index (χ2n) is 34.1. The number of pyridine rings is 4. The van der Waals surface area contributed by atoms with Gasteiger partial charge in [0.15, 0.2) is 0 Å². The van der Waals surface area contributed by atoms with E-state index < -0.39 is 79.7 Å². The summed E-state index contributed by atoms with van der Waals surface area (Å²) in [7, 11) is -19.7. The van der Waals surface area contributed by atoms with Crippen molar-refractivity contribution in [1.82, 2.24) is 19.9 Å². The summed E-state index contributed by atoms with van der Waals surface area (Å²) in [6, 6.07) is 87.3. The number of anilines is 10. The lowest BCUT2D eigenvalue weighted by Gasteiger charge is -2.26. The maximum absolute atomic E-state index is 13.4. The molecule has 35 heteroatoms. The fraction of sp³-hybridized carbons (Fsp3) is 0.173. The van der Waals surface area contributed by atoms with Crippen LogP contribution in [-0.2, 0) is 74.1 Å². The number of carbonyl (C=O) groups is 5. The molecule has 29 nitrogen and oxygen atoms in total. The number of halogens is 1. The van der Waals surface area contributed by atoms with Crippen LogP contribution in [0, 0.1) is 96.9 Å². The molecule has 0 aliphatic rings. The van der Waals surface area contributed by atoms with Gasteiger partial charge in [-0.2, -0.15) is 0 Å². The van der Waals surface area contributed by atoms with Gasteiger partial charge in [0.1, 0.15) is 37.9 Å². The summed E-state index contributed by atoms with van der Waals surface area (Å²) in [6.45, 7) is 24.1. The highest BCUT2D eigenvalue weighted by molar-refractivity contribution is 7.94. The van der Waals surface area contributed by atoms with Crippen molar-refractivity contribution in [3.8, 4) is 0 Å². The van der Waals surface area contributed by atoms with Gasteiger partial charge in [-0.1, -0.05) is 175 Å². The maximum Gasteiger partial charge on any atom is 0.264 e. The second kappa shape index (κ2) is 49.9. The quantitative estimate of drug-likeness (QED) is 0.0261. The zero-order chi connectivity index (χ0) is 105. The molecule has 0 saturated heterocycles. The van der Waals surface area contributed by atoms with E-state index in [4.69, 9.17) is 11.6 Å². The summed E-state index contributed by atoms with van der Waals surface area (Å²) in [6.07, 6.45) is 7.85. The first kappa shape index (κ1) is 110. The van der Waals surface area contributed by atoms with Crippen molar-refractivity contribution in [2.24, 2.45) is 0 Å². The molecule has 0 fully saturated rings. The molecule has 15 aromatic rings. The van der Waals surface area contributed by atoms with Crippen molar-refractivity contribution in [2.45, 2.75) is 121 Å². The molecule has 0 aliphatic heterocycles. The lowest BCUT2D eigenvalue weighted by Crippen LogP contribution is -2.38. The molecule has 15 rings (SSSR count). The van der Waals surface area contributed by atoms with E-state index in [0.29, 0.717) is 67.7 Å². The second-order valence-corrected chi connectivity index (χ2v) is 43.8. The number of amides is 5. The Hall–Kier alpha value is -15.6. The van der Waals surface area contributed by atoms with Crippen LogP contribution in [0.15, 0.2) is 365 Å². The van der Waals surface area contributed by atoms with Crippen molar-refractivity contribution in [3.05, 3.63) is 424 Å². The normalized spacial score (nSPS) is 11.1. The standard InChI is InChI=1S/C23H24N2O3S.3C22H23N3O3S.C21H20ClN3O3S/c1-17-8-7-9-20(14-17)24-23(26)16-25(22-15-18(2)12-13-19(22)3)29(27,28)21-10-5-4-6-11-21;1-16-11-12-17(2)21(14-16)25(29(27,28)19-8-5-4-6-9-19)15-22(26)24-20-10-7-13-23-18(20)3;1-16-9-10-17(2)21(13-16)25(29(27,28)20-7-5-4-6-8-20)15-22(26)24-19-11-12-23-18(3)14-19;1-16-9-10-17(2)21(13-16)25(29(27,28)19-7-5-4-6-8-19)15-22(26)24-20-11-12-23-14-18(20)3;1-15-8-9-16(2)19(12-15)25(29(27,28)18-6-4-3-5-7-18)14-21(26)24-17-10-11-20(22)23-13-17/h4-15H,16H2,1-3H3,(H,24,26);4-14H,15H2,1-3H3,(H,24,26);2*4-14H,15H2,1-3H3,(H,23,24,26);3-13H,14H2,1-2H3,(H,24,26). The van der Waals surface area contributed by atoms with Crippen LogP contribution in [0.3, 0.4) is 0 Å². The Kier molecular flexibility index (Phi) is 37.8. The molecule has 145 heavy (non-hydrogen) atoms. The summed E-state index contributed by atoms with van der Waals surface area (Å²) >= 11 is 5.76. The average molecular weight is 2070 g/mol. The lowest BCUT2D eigenvalue weighted by atomic mass is 10.1. The lowest BCUT2D eigenvalue weighted by molar-refractivity contribution is -0.115. The molecule has 0 radical (unpaired) electrons. The molecule has 0 aliphatic carbocycles. The zero-order valence-corrected chi connectivity index (χ0v) is 87.3. The van der Waals surface area contributed by atoms with Crippen LogP contribution in [-0.4, -0.2) is 124 Å². The number of rotatable bonds is 30. The van der Waals surface area contributed by atoms with Gasteiger partial charge in [-0.25, -0.2) is 47.1 Å². The van der Waals surface area contributed by atoms with Crippen LogP contribution < -0.4 is 48.1 Å². The third kappa shape index (κ3) is 30.0. The Bertz CT molecular complexity index is 7390. The third-order valence-electron chi connectivity index (χ3n) is 22.3. The van der Waals surface area contributed by atoms with E-state index in [0.717, 1.165) is 89.7 Å². The van der Waals surface area contributed by atoms with Crippen molar-refractivity contribution < 1.29 is 66.1 Å². The molecule has 4 heterocycles. The molecular weight excluding hydrogens is 1950 g/mol. The van der Waals surface area contributed by atoms with Crippen molar-refractivity contribution >= 4 is 148 Å². The molecule has 5 N–H and O–H groups in total. The summed E-state index contributed by atoms with van der Waals surface area (Å²) < 4.78 is 140. The van der Waals surface area contributed by atoms with Crippen molar-refractivity contribution in [3.63, 3.8) is 0 Å². The Morgan fingerprint density at radius 1 is 0.248 bits per heavy atom. The third-order valence-corrected chi connectivity index (χ3v) is 31.4. The van der Waals surface area contributed by atoms with E-state index in [9.17, 15) is 66.1 Å². The van der Waals surface area contributed by atoms with Crippen LogP contribution in [0.4, 0.5) is 56.9 Å². The molecule has 0 saturated carbocycles. The predicted molar refractivity (Wildman–Crippen MR) is 575 cm³/mol. The van der Waals surface area contributed by atoms with Gasteiger partial charge in [0.25, 0.3) is 50.1 Å². The fourth-order valence-electron chi connectivity index (χ4n) is 14.7. The number of hydrogen-bond acceptors (Lipinski definition) is 19. The molecule has 5 amide bonds. The van der Waals surface area contributed by atoms with E-state index in [1.165, 1.54) is 71.2 Å². The number of aryl methyl sites for hydroxylation is 14. The molecular formula is C110H113ClN14O15S5. The van der Waals surface area contributed by atoms with Gasteiger partial charge in [0.05, 0.1) is 76.2 Å². The summed E-state index contributed by atoms with van der Waals surface area (Å²) in [5.41, 5.74) is 16.7. The highest BCUT2D eigenvalue weighted by Crippen LogP contribution is 2.36. The zero-order valence-electron chi connectivity index (χ0n) is 82.4. The molecule has 750 valence electrons. The number of aromatic nitrogens is 4. The van der Waals surface area contributed by atoms with Crippen LogP contribution in [0.2, 0.25) is 5.15 Å². The van der Waals surface area contributed by atoms with Gasteiger partial charge < -0.3 is 26.6 Å². The smallest absolute Gasteiger partial charge is 0.264 e. The summed E-state index contributed by atoms with van der Waals surface area (Å²) in [5, 5.41) is 14.1. The highest BCUT2D eigenvalue weighted by Gasteiger charge is 2.35. The molecule has 0 bridgehead atoms. The minimum atomic E-state index is -3.95. The minimum absolute atomic E-state index is 0.113. The predicted octanol–water partition coefficient (Wildman–Crippen LogP) is 20.2. The molecule has 0 unspecified atom stereocenters. The van der Waals surface area contributed by atoms with Crippen LogP contribution >= 0.6 is 11.6 Å². The molecule has 0 spiro atoms. The van der Waals surface area contributed by atoms with Gasteiger partial charge in [-0.3, -0.25) is 60.5 Å². The average Bonchev–Trinajstić information content (AvgIpc) is 0.796. The number of benzene rings is 11. The van der Waals surface area contributed by atoms with E-state index in [2.05, 4.69) is 46.5 Å². The Labute approximate surface area is 853 Å². The Morgan fingerprint density at radius 3 is 0.848 bits per heavy atom. The Balaban J connectivity index is 0.000000173.